The number of rotatable bonds is 5. The Labute approximate surface area is 119 Å². The molecule has 0 saturated carbocycles. The van der Waals surface area contributed by atoms with Crippen LogP contribution in [0.15, 0.2) is 54.6 Å². The van der Waals surface area contributed by atoms with Gasteiger partial charge in [-0.2, -0.15) is 0 Å². The Morgan fingerprint density at radius 2 is 1.60 bits per heavy atom. The Hall–Kier alpha value is -2.29. The van der Waals surface area contributed by atoms with Crippen molar-refractivity contribution in [3.05, 3.63) is 54.6 Å². The molecule has 0 heterocycles. The highest BCUT2D eigenvalue weighted by Crippen LogP contribution is 2.22. The van der Waals surface area contributed by atoms with Gasteiger partial charge in [0.1, 0.15) is 6.54 Å². The van der Waals surface area contributed by atoms with Crippen molar-refractivity contribution >= 4 is 11.7 Å². The second kappa shape index (κ2) is 6.75. The molecule has 0 unspecified atom stereocenters. The standard InChI is InChI=1S/C17H19NO2/c1-3-20-17(19)13-18(2)16-11-9-15(10-12-16)14-7-5-4-6-8-14/h4-12H,3,13H2,1-2H3. The summed E-state index contributed by atoms with van der Waals surface area (Å²) < 4.78 is 4.95. The van der Waals surface area contributed by atoms with Crippen LogP contribution in [0.5, 0.6) is 0 Å². The van der Waals surface area contributed by atoms with Crippen LogP contribution in [0.4, 0.5) is 5.69 Å². The van der Waals surface area contributed by atoms with Crippen LogP contribution in [0.3, 0.4) is 0 Å². The minimum absolute atomic E-state index is 0.206. The molecule has 2 aromatic carbocycles. The number of benzene rings is 2. The summed E-state index contributed by atoms with van der Waals surface area (Å²) >= 11 is 0. The maximum Gasteiger partial charge on any atom is 0.325 e. The summed E-state index contributed by atoms with van der Waals surface area (Å²) in [6, 6.07) is 18.4. The third-order valence-corrected chi connectivity index (χ3v) is 3.09. The first-order valence-electron chi connectivity index (χ1n) is 6.73. The molecule has 0 N–H and O–H groups in total. The van der Waals surface area contributed by atoms with E-state index in [9.17, 15) is 4.79 Å². The molecule has 0 radical (unpaired) electrons. The lowest BCUT2D eigenvalue weighted by molar-refractivity contribution is -0.141. The van der Waals surface area contributed by atoms with Gasteiger partial charge in [0.25, 0.3) is 0 Å². The van der Waals surface area contributed by atoms with Gasteiger partial charge in [0.2, 0.25) is 0 Å². The van der Waals surface area contributed by atoms with E-state index in [2.05, 4.69) is 24.3 Å². The molecule has 0 atom stereocenters. The predicted octanol–water partition coefficient (Wildman–Crippen LogP) is 3.35. The molecule has 0 saturated heterocycles. The Bertz CT molecular complexity index is 549. The summed E-state index contributed by atoms with van der Waals surface area (Å²) in [7, 11) is 1.88. The summed E-state index contributed by atoms with van der Waals surface area (Å²) in [5.74, 6) is -0.206. The number of nitrogens with zero attached hydrogens (tertiary/aromatic N) is 1. The molecule has 2 aromatic rings. The van der Waals surface area contributed by atoms with E-state index < -0.39 is 0 Å². The third-order valence-electron chi connectivity index (χ3n) is 3.09. The number of ether oxygens (including phenoxy) is 1. The van der Waals surface area contributed by atoms with Crippen molar-refractivity contribution < 1.29 is 9.53 Å². The number of hydrogen-bond donors (Lipinski definition) is 0. The van der Waals surface area contributed by atoms with E-state index in [1.807, 2.05) is 49.2 Å². The number of carbonyl (C=O) groups excluding carboxylic acids is 1. The lowest BCUT2D eigenvalue weighted by Crippen LogP contribution is -2.26. The lowest BCUT2D eigenvalue weighted by Gasteiger charge is -2.18. The van der Waals surface area contributed by atoms with Crippen molar-refractivity contribution in [2.24, 2.45) is 0 Å². The van der Waals surface area contributed by atoms with Crippen LogP contribution in [0, 0.1) is 0 Å². The highest BCUT2D eigenvalue weighted by Gasteiger charge is 2.08. The van der Waals surface area contributed by atoms with E-state index in [0.29, 0.717) is 6.61 Å². The first kappa shape index (κ1) is 14.1. The van der Waals surface area contributed by atoms with Gasteiger partial charge in [-0.3, -0.25) is 4.79 Å². The smallest absolute Gasteiger partial charge is 0.325 e. The normalized spacial score (nSPS) is 10.1. The van der Waals surface area contributed by atoms with Crippen LogP contribution in [0.25, 0.3) is 11.1 Å². The van der Waals surface area contributed by atoms with Crippen LogP contribution < -0.4 is 4.90 Å². The second-order valence-electron chi connectivity index (χ2n) is 4.57. The second-order valence-corrected chi connectivity index (χ2v) is 4.57. The molecule has 0 aliphatic heterocycles. The fourth-order valence-corrected chi connectivity index (χ4v) is 2.03. The maximum absolute atomic E-state index is 11.5. The molecule has 0 fully saturated rings. The Kier molecular flexibility index (Phi) is 4.77. The zero-order valence-corrected chi connectivity index (χ0v) is 11.9. The number of carbonyl (C=O) groups is 1. The fourth-order valence-electron chi connectivity index (χ4n) is 2.03. The number of hydrogen-bond acceptors (Lipinski definition) is 3. The lowest BCUT2D eigenvalue weighted by atomic mass is 10.1. The fraction of sp³-hybridized carbons (Fsp3) is 0.235. The van der Waals surface area contributed by atoms with E-state index in [-0.39, 0.29) is 12.5 Å². The first-order valence-corrected chi connectivity index (χ1v) is 6.73. The summed E-state index contributed by atoms with van der Waals surface area (Å²) in [5, 5.41) is 0. The predicted molar refractivity (Wildman–Crippen MR) is 81.8 cm³/mol. The Morgan fingerprint density at radius 3 is 2.20 bits per heavy atom. The van der Waals surface area contributed by atoms with Gasteiger partial charge in [-0.1, -0.05) is 42.5 Å². The van der Waals surface area contributed by atoms with E-state index in [0.717, 1.165) is 5.69 Å². The molecule has 0 aliphatic carbocycles. The molecule has 0 aliphatic rings. The highest BCUT2D eigenvalue weighted by atomic mass is 16.5. The van der Waals surface area contributed by atoms with E-state index in [1.165, 1.54) is 11.1 Å². The van der Waals surface area contributed by atoms with Crippen LogP contribution in [-0.4, -0.2) is 26.2 Å². The minimum atomic E-state index is -0.206. The molecular weight excluding hydrogens is 250 g/mol. The van der Waals surface area contributed by atoms with Crippen LogP contribution in [-0.2, 0) is 9.53 Å². The average Bonchev–Trinajstić information content (AvgIpc) is 2.48. The molecule has 2 rings (SSSR count). The summed E-state index contributed by atoms with van der Waals surface area (Å²) in [5.41, 5.74) is 3.35. The van der Waals surface area contributed by atoms with Gasteiger partial charge in [-0.05, 0) is 30.2 Å². The zero-order chi connectivity index (χ0) is 14.4. The molecule has 0 aromatic heterocycles. The third kappa shape index (κ3) is 3.60. The average molecular weight is 269 g/mol. The molecule has 20 heavy (non-hydrogen) atoms. The van der Waals surface area contributed by atoms with Crippen LogP contribution in [0.2, 0.25) is 0 Å². The molecule has 3 heteroatoms. The maximum atomic E-state index is 11.5. The van der Waals surface area contributed by atoms with Crippen LogP contribution >= 0.6 is 0 Å². The van der Waals surface area contributed by atoms with Crippen molar-refractivity contribution in [3.8, 4) is 11.1 Å². The van der Waals surface area contributed by atoms with Crippen LogP contribution in [0.1, 0.15) is 6.92 Å². The Balaban J connectivity index is 2.06. The zero-order valence-electron chi connectivity index (χ0n) is 11.9. The van der Waals surface area contributed by atoms with Gasteiger partial charge < -0.3 is 9.64 Å². The van der Waals surface area contributed by atoms with E-state index in [1.54, 1.807) is 0 Å². The first-order chi connectivity index (χ1) is 9.70. The van der Waals surface area contributed by atoms with Gasteiger partial charge >= 0.3 is 5.97 Å². The van der Waals surface area contributed by atoms with Crippen molar-refractivity contribution in [1.82, 2.24) is 0 Å². The Morgan fingerprint density at radius 1 is 1.00 bits per heavy atom. The van der Waals surface area contributed by atoms with E-state index >= 15 is 0 Å². The highest BCUT2D eigenvalue weighted by molar-refractivity contribution is 5.76. The van der Waals surface area contributed by atoms with Gasteiger partial charge in [0, 0.05) is 12.7 Å². The quantitative estimate of drug-likeness (QED) is 0.780. The molecular formula is C17H19NO2. The van der Waals surface area contributed by atoms with Gasteiger partial charge in [0.15, 0.2) is 0 Å². The largest absolute Gasteiger partial charge is 0.465 e. The SMILES string of the molecule is CCOC(=O)CN(C)c1ccc(-c2ccccc2)cc1. The summed E-state index contributed by atoms with van der Waals surface area (Å²) in [6.45, 7) is 2.49. The summed E-state index contributed by atoms with van der Waals surface area (Å²) in [6.07, 6.45) is 0. The van der Waals surface area contributed by atoms with Crippen molar-refractivity contribution in [2.45, 2.75) is 6.92 Å². The van der Waals surface area contributed by atoms with Crippen molar-refractivity contribution in [2.75, 3.05) is 25.1 Å². The molecule has 104 valence electrons. The minimum Gasteiger partial charge on any atom is -0.465 e. The molecule has 0 spiro atoms. The molecule has 3 nitrogen and oxygen atoms in total. The van der Waals surface area contributed by atoms with Gasteiger partial charge in [-0.25, -0.2) is 0 Å². The topological polar surface area (TPSA) is 29.5 Å². The number of anilines is 1. The van der Waals surface area contributed by atoms with Crippen molar-refractivity contribution in [3.63, 3.8) is 0 Å². The van der Waals surface area contributed by atoms with E-state index in [4.69, 9.17) is 4.74 Å². The number of esters is 1. The van der Waals surface area contributed by atoms with Gasteiger partial charge in [0.05, 0.1) is 6.61 Å². The summed E-state index contributed by atoms with van der Waals surface area (Å²) in [4.78, 5) is 13.3. The number of likely N-dealkylation sites (N-methyl/N-ethyl adjacent to an activating group) is 1. The van der Waals surface area contributed by atoms with Gasteiger partial charge in [-0.15, -0.1) is 0 Å². The molecule has 0 bridgehead atoms. The monoisotopic (exact) mass is 269 g/mol. The van der Waals surface area contributed by atoms with Crippen molar-refractivity contribution in [1.29, 1.82) is 0 Å². The molecule has 0 amide bonds.